The predicted molar refractivity (Wildman–Crippen MR) is 115 cm³/mol. The Hall–Kier alpha value is -3.19. The Balaban J connectivity index is 1.81. The molecular weight excluding hydrogens is 403 g/mol. The fourth-order valence-corrected chi connectivity index (χ4v) is 4.45. The molecule has 0 aliphatic carbocycles. The standard InChI is InChI=1S/C23H23FN2O3S/c1-15-4-11-21(17(3)12-15)26-30(28,29)22-13-19(8-5-16(22)2)23(27)25-14-18-6-9-20(24)10-7-18/h4-13,26H,14H2,1-3H3,(H,25,27). The van der Waals surface area contributed by atoms with Gasteiger partial charge in [-0.25, -0.2) is 12.8 Å². The lowest BCUT2D eigenvalue weighted by Gasteiger charge is -2.14. The number of hydrogen-bond donors (Lipinski definition) is 2. The number of nitrogens with one attached hydrogen (secondary N) is 2. The topological polar surface area (TPSA) is 75.3 Å². The molecule has 7 heteroatoms. The van der Waals surface area contributed by atoms with Crippen molar-refractivity contribution in [2.45, 2.75) is 32.2 Å². The van der Waals surface area contributed by atoms with Crippen LogP contribution in [-0.2, 0) is 16.6 Å². The van der Waals surface area contributed by atoms with E-state index in [0.717, 1.165) is 16.7 Å². The van der Waals surface area contributed by atoms with Crippen molar-refractivity contribution >= 4 is 21.6 Å². The smallest absolute Gasteiger partial charge is 0.262 e. The average Bonchev–Trinajstić information content (AvgIpc) is 2.69. The van der Waals surface area contributed by atoms with Gasteiger partial charge in [-0.2, -0.15) is 0 Å². The van der Waals surface area contributed by atoms with Crippen LogP contribution in [0.2, 0.25) is 0 Å². The third kappa shape index (κ3) is 5.04. The molecule has 0 fully saturated rings. The second-order valence-electron chi connectivity index (χ2n) is 7.21. The molecule has 0 atom stereocenters. The molecule has 0 aliphatic rings. The first kappa shape index (κ1) is 21.5. The molecule has 3 aromatic carbocycles. The second kappa shape index (κ2) is 8.67. The third-order valence-corrected chi connectivity index (χ3v) is 6.24. The molecular formula is C23H23FN2O3S. The molecule has 2 N–H and O–H groups in total. The first-order valence-electron chi connectivity index (χ1n) is 9.39. The third-order valence-electron chi connectivity index (χ3n) is 4.73. The highest BCUT2D eigenvalue weighted by atomic mass is 32.2. The zero-order valence-electron chi connectivity index (χ0n) is 17.0. The Kier molecular flexibility index (Phi) is 6.22. The summed E-state index contributed by atoms with van der Waals surface area (Å²) in [5, 5.41) is 2.72. The van der Waals surface area contributed by atoms with E-state index in [1.54, 1.807) is 37.3 Å². The van der Waals surface area contributed by atoms with E-state index >= 15 is 0 Å². The first-order chi connectivity index (χ1) is 14.2. The maximum absolute atomic E-state index is 13.0. The van der Waals surface area contributed by atoms with Gasteiger partial charge in [0.15, 0.2) is 0 Å². The monoisotopic (exact) mass is 426 g/mol. The van der Waals surface area contributed by atoms with Crippen LogP contribution in [-0.4, -0.2) is 14.3 Å². The minimum atomic E-state index is -3.88. The number of anilines is 1. The number of benzene rings is 3. The molecule has 0 aromatic heterocycles. The van der Waals surface area contributed by atoms with Gasteiger partial charge in [-0.3, -0.25) is 9.52 Å². The number of aryl methyl sites for hydroxylation is 3. The molecule has 0 aliphatic heterocycles. The quantitative estimate of drug-likeness (QED) is 0.610. The highest BCUT2D eigenvalue weighted by Crippen LogP contribution is 2.23. The highest BCUT2D eigenvalue weighted by Gasteiger charge is 2.20. The van der Waals surface area contributed by atoms with Crippen LogP contribution in [0.1, 0.15) is 32.6 Å². The Morgan fingerprint density at radius 1 is 0.900 bits per heavy atom. The molecule has 0 radical (unpaired) electrons. The van der Waals surface area contributed by atoms with Gasteiger partial charge >= 0.3 is 0 Å². The number of carbonyl (C=O) groups is 1. The van der Waals surface area contributed by atoms with Crippen molar-refractivity contribution in [3.63, 3.8) is 0 Å². The van der Waals surface area contributed by atoms with E-state index in [9.17, 15) is 17.6 Å². The molecule has 0 heterocycles. The van der Waals surface area contributed by atoms with E-state index in [4.69, 9.17) is 0 Å². The van der Waals surface area contributed by atoms with Gasteiger partial charge in [0.2, 0.25) is 0 Å². The first-order valence-corrected chi connectivity index (χ1v) is 10.9. The van der Waals surface area contributed by atoms with E-state index in [2.05, 4.69) is 10.0 Å². The molecule has 0 saturated heterocycles. The summed E-state index contributed by atoms with van der Waals surface area (Å²) in [5.41, 5.74) is 3.83. The second-order valence-corrected chi connectivity index (χ2v) is 8.86. The van der Waals surface area contributed by atoms with Crippen LogP contribution in [0, 0.1) is 26.6 Å². The molecule has 5 nitrogen and oxygen atoms in total. The summed E-state index contributed by atoms with van der Waals surface area (Å²) in [6, 6.07) is 15.8. The summed E-state index contributed by atoms with van der Waals surface area (Å²) in [6.45, 7) is 5.65. The number of carbonyl (C=O) groups excluding carboxylic acids is 1. The number of rotatable bonds is 6. The maximum Gasteiger partial charge on any atom is 0.262 e. The zero-order chi connectivity index (χ0) is 21.9. The van der Waals surface area contributed by atoms with Gasteiger partial charge in [0.1, 0.15) is 5.82 Å². The van der Waals surface area contributed by atoms with Crippen molar-refractivity contribution < 1.29 is 17.6 Å². The molecule has 0 bridgehead atoms. The summed E-state index contributed by atoms with van der Waals surface area (Å²) >= 11 is 0. The van der Waals surface area contributed by atoms with Crippen molar-refractivity contribution in [3.8, 4) is 0 Å². The highest BCUT2D eigenvalue weighted by molar-refractivity contribution is 7.92. The Morgan fingerprint density at radius 3 is 2.27 bits per heavy atom. The van der Waals surface area contributed by atoms with Crippen LogP contribution in [0.4, 0.5) is 10.1 Å². The van der Waals surface area contributed by atoms with Crippen molar-refractivity contribution in [2.24, 2.45) is 0 Å². The summed E-state index contributed by atoms with van der Waals surface area (Å²) in [7, 11) is -3.88. The summed E-state index contributed by atoms with van der Waals surface area (Å²) in [4.78, 5) is 12.6. The number of halogens is 1. The Morgan fingerprint density at radius 2 is 1.60 bits per heavy atom. The van der Waals surface area contributed by atoms with Gasteiger partial charge < -0.3 is 5.32 Å². The normalized spacial score (nSPS) is 11.2. The molecule has 0 unspecified atom stereocenters. The van der Waals surface area contributed by atoms with E-state index in [1.807, 2.05) is 26.0 Å². The number of amides is 1. The average molecular weight is 427 g/mol. The van der Waals surface area contributed by atoms with Crippen molar-refractivity contribution in [1.29, 1.82) is 0 Å². The van der Waals surface area contributed by atoms with Crippen LogP contribution in [0.5, 0.6) is 0 Å². The summed E-state index contributed by atoms with van der Waals surface area (Å²) in [5.74, 6) is -0.767. The lowest BCUT2D eigenvalue weighted by atomic mass is 10.1. The van der Waals surface area contributed by atoms with Crippen LogP contribution in [0.3, 0.4) is 0 Å². The fourth-order valence-electron chi connectivity index (χ4n) is 3.05. The van der Waals surface area contributed by atoms with Gasteiger partial charge in [-0.15, -0.1) is 0 Å². The molecule has 0 spiro atoms. The van der Waals surface area contributed by atoms with Crippen LogP contribution < -0.4 is 10.0 Å². The van der Waals surface area contributed by atoms with E-state index in [0.29, 0.717) is 11.3 Å². The number of sulfonamides is 1. The van der Waals surface area contributed by atoms with Gasteiger partial charge in [-0.1, -0.05) is 35.9 Å². The Labute approximate surface area is 176 Å². The van der Waals surface area contributed by atoms with E-state index < -0.39 is 15.9 Å². The summed E-state index contributed by atoms with van der Waals surface area (Å²) in [6.07, 6.45) is 0. The zero-order valence-corrected chi connectivity index (χ0v) is 17.8. The van der Waals surface area contributed by atoms with Crippen LogP contribution in [0.25, 0.3) is 0 Å². The molecule has 0 saturated carbocycles. The van der Waals surface area contributed by atoms with E-state index in [-0.39, 0.29) is 22.8 Å². The fraction of sp³-hybridized carbons (Fsp3) is 0.174. The lowest BCUT2D eigenvalue weighted by Crippen LogP contribution is -2.23. The molecule has 3 rings (SSSR count). The van der Waals surface area contributed by atoms with Gasteiger partial charge in [0, 0.05) is 12.1 Å². The lowest BCUT2D eigenvalue weighted by molar-refractivity contribution is 0.0950. The predicted octanol–water partition coefficient (Wildman–Crippen LogP) is 4.48. The van der Waals surface area contributed by atoms with Crippen molar-refractivity contribution in [3.05, 3.63) is 94.3 Å². The Bertz CT molecular complexity index is 1190. The van der Waals surface area contributed by atoms with E-state index in [1.165, 1.54) is 18.2 Å². The molecule has 156 valence electrons. The van der Waals surface area contributed by atoms with Crippen LogP contribution >= 0.6 is 0 Å². The minimum absolute atomic E-state index is 0.0388. The number of hydrogen-bond acceptors (Lipinski definition) is 3. The van der Waals surface area contributed by atoms with Crippen molar-refractivity contribution in [2.75, 3.05) is 4.72 Å². The van der Waals surface area contributed by atoms with Gasteiger partial charge in [0.25, 0.3) is 15.9 Å². The van der Waals surface area contributed by atoms with Gasteiger partial charge in [0.05, 0.1) is 10.6 Å². The van der Waals surface area contributed by atoms with Gasteiger partial charge in [-0.05, 0) is 67.8 Å². The largest absolute Gasteiger partial charge is 0.348 e. The minimum Gasteiger partial charge on any atom is -0.348 e. The van der Waals surface area contributed by atoms with Crippen LogP contribution in [0.15, 0.2) is 65.6 Å². The SMILES string of the molecule is Cc1ccc(NS(=O)(=O)c2cc(C(=O)NCc3ccc(F)cc3)ccc2C)c(C)c1. The maximum atomic E-state index is 13.0. The molecule has 1 amide bonds. The molecule has 30 heavy (non-hydrogen) atoms. The summed E-state index contributed by atoms with van der Waals surface area (Å²) < 4.78 is 41.5. The van der Waals surface area contributed by atoms with Crippen molar-refractivity contribution in [1.82, 2.24) is 5.32 Å². The molecule has 3 aromatic rings.